The van der Waals surface area contributed by atoms with Crippen LogP contribution in [0.15, 0.2) is 65.0 Å². The van der Waals surface area contributed by atoms with Crippen molar-refractivity contribution in [3.63, 3.8) is 0 Å². The van der Waals surface area contributed by atoms with Crippen LogP contribution in [-0.4, -0.2) is 38.8 Å². The number of benzene rings is 2. The predicted octanol–water partition coefficient (Wildman–Crippen LogP) is 3.43. The third-order valence-corrected chi connectivity index (χ3v) is 9.67. The van der Waals surface area contributed by atoms with Crippen molar-refractivity contribution >= 4 is 50.1 Å². The number of halogens is 1. The van der Waals surface area contributed by atoms with Crippen molar-refractivity contribution in [1.29, 1.82) is 0 Å². The largest absolute Gasteiger partial charge is 0.327 e. The number of hydrogen-bond acceptors (Lipinski definition) is 5. The Labute approximate surface area is 198 Å². The van der Waals surface area contributed by atoms with Crippen molar-refractivity contribution in [1.82, 2.24) is 10.2 Å². The Bertz CT molecular complexity index is 1030. The molecule has 2 aromatic carbocycles. The molecule has 2 heterocycles. The third-order valence-electron chi connectivity index (χ3n) is 6.11. The summed E-state index contributed by atoms with van der Waals surface area (Å²) in [4.78, 5) is 14.5. The molecule has 1 amide bonds. The number of nitrogens with zero attached hydrogens (tertiary/aromatic N) is 2. The van der Waals surface area contributed by atoms with E-state index in [2.05, 4.69) is 61.8 Å². The van der Waals surface area contributed by atoms with Crippen LogP contribution in [-0.2, 0) is 17.8 Å². The van der Waals surface area contributed by atoms with E-state index in [0.29, 0.717) is 33.6 Å². The lowest BCUT2D eigenvalue weighted by atomic mass is 10.1. The Morgan fingerprint density at radius 3 is 2.52 bits per heavy atom. The number of aromatic nitrogens is 2. The second-order valence-electron chi connectivity index (χ2n) is 8.23. The molecule has 2 bridgehead atoms. The number of quaternary nitrogens is 1. The van der Waals surface area contributed by atoms with E-state index in [-0.39, 0.29) is 5.91 Å². The van der Waals surface area contributed by atoms with Crippen molar-refractivity contribution in [2.75, 3.05) is 11.9 Å². The molecular weight excluding hydrogens is 492 g/mol. The van der Waals surface area contributed by atoms with Crippen LogP contribution in [0.3, 0.4) is 0 Å². The SMILES string of the molecule is O=C(Cc1ccccc1)Nc1nnc(S[C@@H]2C[C@H]3C[NH+](Cc4ccccc4)[C@@H]2[C@@H]3Br)s1. The number of carbonyl (C=O) groups is 1. The van der Waals surface area contributed by atoms with Gasteiger partial charge in [0, 0.05) is 11.5 Å². The number of hydrogen-bond donors (Lipinski definition) is 2. The number of alkyl halides is 1. The topological polar surface area (TPSA) is 59.3 Å². The summed E-state index contributed by atoms with van der Waals surface area (Å²) in [5.41, 5.74) is 2.39. The fourth-order valence-electron chi connectivity index (χ4n) is 4.78. The van der Waals surface area contributed by atoms with Gasteiger partial charge in [-0.25, -0.2) is 0 Å². The van der Waals surface area contributed by atoms with Crippen LogP contribution in [0.2, 0.25) is 0 Å². The molecule has 0 radical (unpaired) electrons. The van der Waals surface area contributed by atoms with Crippen LogP contribution in [0.4, 0.5) is 5.13 Å². The number of fused-ring (bicyclic) bond motifs is 2. The Hall–Kier alpha value is -1.74. The predicted molar refractivity (Wildman–Crippen MR) is 129 cm³/mol. The highest BCUT2D eigenvalue weighted by Crippen LogP contribution is 2.43. The zero-order valence-electron chi connectivity index (χ0n) is 16.9. The van der Waals surface area contributed by atoms with Gasteiger partial charge >= 0.3 is 0 Å². The molecule has 1 aromatic heterocycles. The van der Waals surface area contributed by atoms with Gasteiger partial charge in [-0.15, -0.1) is 10.2 Å². The second-order valence-corrected chi connectivity index (χ2v) is 11.8. The summed E-state index contributed by atoms with van der Waals surface area (Å²) in [5, 5.41) is 12.5. The van der Waals surface area contributed by atoms with E-state index in [1.54, 1.807) is 4.90 Å². The first-order valence-corrected chi connectivity index (χ1v) is 13.1. The fraction of sp³-hybridized carbons (Fsp3) is 0.348. The van der Waals surface area contributed by atoms with E-state index >= 15 is 0 Å². The monoisotopic (exact) mass is 515 g/mol. The van der Waals surface area contributed by atoms with Crippen LogP contribution >= 0.6 is 39.0 Å². The first-order valence-electron chi connectivity index (χ1n) is 10.5. The molecule has 1 aliphatic heterocycles. The van der Waals surface area contributed by atoms with Gasteiger partial charge < -0.3 is 10.2 Å². The summed E-state index contributed by atoms with van der Waals surface area (Å²) in [7, 11) is 0. The zero-order chi connectivity index (χ0) is 21.2. The number of carbonyl (C=O) groups excluding carboxylic acids is 1. The maximum Gasteiger partial charge on any atom is 0.230 e. The van der Waals surface area contributed by atoms with Crippen LogP contribution < -0.4 is 10.2 Å². The first kappa shape index (κ1) is 21.1. The highest BCUT2D eigenvalue weighted by atomic mass is 79.9. The molecule has 1 saturated carbocycles. The summed E-state index contributed by atoms with van der Waals surface area (Å²) in [6, 6.07) is 21.1. The summed E-state index contributed by atoms with van der Waals surface area (Å²) in [5.74, 6) is 0.650. The molecule has 2 N–H and O–H groups in total. The Morgan fingerprint density at radius 1 is 1.10 bits per heavy atom. The molecule has 31 heavy (non-hydrogen) atoms. The minimum absolute atomic E-state index is 0.0576. The Morgan fingerprint density at radius 2 is 1.81 bits per heavy atom. The summed E-state index contributed by atoms with van der Waals surface area (Å²) in [6.07, 6.45) is 1.55. The molecule has 2 aliphatic rings. The molecule has 5 atom stereocenters. The van der Waals surface area contributed by atoms with E-state index in [1.165, 1.54) is 29.9 Å². The molecule has 5 nitrogen and oxygen atoms in total. The minimum atomic E-state index is -0.0576. The van der Waals surface area contributed by atoms with Crippen molar-refractivity contribution in [3.05, 3.63) is 71.8 Å². The fourth-order valence-corrected chi connectivity index (χ4v) is 8.62. The van der Waals surface area contributed by atoms with Gasteiger partial charge in [-0.1, -0.05) is 99.7 Å². The second kappa shape index (κ2) is 9.40. The van der Waals surface area contributed by atoms with E-state index in [0.717, 1.165) is 16.4 Å². The summed E-state index contributed by atoms with van der Waals surface area (Å²) < 4.78 is 0.936. The number of piperidine rings is 1. The number of anilines is 1. The highest BCUT2D eigenvalue weighted by molar-refractivity contribution is 9.09. The Balaban J connectivity index is 1.19. The molecule has 1 unspecified atom stereocenters. The lowest BCUT2D eigenvalue weighted by molar-refractivity contribution is -0.929. The normalized spacial score (nSPS) is 26.8. The van der Waals surface area contributed by atoms with Gasteiger partial charge in [0.15, 0.2) is 4.34 Å². The average molecular weight is 517 g/mol. The van der Waals surface area contributed by atoms with Crippen molar-refractivity contribution in [2.24, 2.45) is 5.92 Å². The quantitative estimate of drug-likeness (QED) is 0.373. The van der Waals surface area contributed by atoms with E-state index in [4.69, 9.17) is 0 Å². The van der Waals surface area contributed by atoms with Gasteiger partial charge in [-0.05, 0) is 12.0 Å². The van der Waals surface area contributed by atoms with Crippen molar-refractivity contribution in [3.8, 4) is 0 Å². The van der Waals surface area contributed by atoms with Gasteiger partial charge in [0.2, 0.25) is 11.0 Å². The molecular formula is C23H24BrN4OS2+. The molecule has 5 rings (SSSR count). The van der Waals surface area contributed by atoms with Crippen LogP contribution in [0.25, 0.3) is 0 Å². The molecule has 8 heteroatoms. The van der Waals surface area contributed by atoms with Gasteiger partial charge in [-0.3, -0.25) is 4.79 Å². The molecule has 2 fully saturated rings. The standard InChI is InChI=1S/C23H23BrN4OS2/c24-20-17-12-18(21(20)28(14-17)13-16-9-5-2-6-10-16)30-23-27-26-22(31-23)25-19(29)11-15-7-3-1-4-8-15/h1-10,17-18,20-21H,11-14H2,(H,25,26,29)/p+1/t17-,18+,20+,21-/m0/s1. The van der Waals surface area contributed by atoms with Crippen molar-refractivity contribution < 1.29 is 9.69 Å². The number of amides is 1. The number of nitrogens with one attached hydrogen (secondary N) is 2. The first-order chi connectivity index (χ1) is 15.2. The lowest BCUT2D eigenvalue weighted by Gasteiger charge is -2.29. The highest BCUT2D eigenvalue weighted by Gasteiger charge is 2.55. The smallest absolute Gasteiger partial charge is 0.230 e. The van der Waals surface area contributed by atoms with E-state index in [9.17, 15) is 4.79 Å². The van der Waals surface area contributed by atoms with Crippen LogP contribution in [0.5, 0.6) is 0 Å². The number of thioether (sulfide) groups is 1. The molecule has 3 aromatic rings. The third kappa shape index (κ3) is 4.87. The van der Waals surface area contributed by atoms with Gasteiger partial charge in [0.05, 0.1) is 23.0 Å². The summed E-state index contributed by atoms with van der Waals surface area (Å²) >= 11 is 7.29. The van der Waals surface area contributed by atoms with E-state index < -0.39 is 0 Å². The minimum Gasteiger partial charge on any atom is -0.327 e. The molecule has 1 aliphatic carbocycles. The van der Waals surface area contributed by atoms with Gasteiger partial charge in [-0.2, -0.15) is 0 Å². The van der Waals surface area contributed by atoms with Gasteiger partial charge in [0.25, 0.3) is 0 Å². The van der Waals surface area contributed by atoms with Crippen LogP contribution in [0.1, 0.15) is 17.5 Å². The molecule has 0 spiro atoms. The lowest BCUT2D eigenvalue weighted by Crippen LogP contribution is -3.15. The zero-order valence-corrected chi connectivity index (χ0v) is 20.1. The molecule has 1 saturated heterocycles. The van der Waals surface area contributed by atoms with Crippen LogP contribution in [0, 0.1) is 5.92 Å². The van der Waals surface area contributed by atoms with Gasteiger partial charge in [0.1, 0.15) is 12.6 Å². The number of rotatable bonds is 7. The average Bonchev–Trinajstić information content (AvgIpc) is 3.42. The van der Waals surface area contributed by atoms with Crippen molar-refractivity contribution in [2.45, 2.75) is 39.8 Å². The maximum absolute atomic E-state index is 12.3. The maximum atomic E-state index is 12.3. The Kier molecular flexibility index (Phi) is 6.41. The number of likely N-dealkylation sites (tertiary alicyclic amines) is 1. The summed E-state index contributed by atoms with van der Waals surface area (Å²) in [6.45, 7) is 2.29. The van der Waals surface area contributed by atoms with E-state index in [1.807, 2.05) is 42.1 Å². The molecule has 160 valence electrons.